The van der Waals surface area contributed by atoms with Gasteiger partial charge in [-0.25, -0.2) is 4.57 Å². The molecular formula is C34H48NO5+. The van der Waals surface area contributed by atoms with Gasteiger partial charge in [0.15, 0.2) is 18.9 Å². The number of aliphatic hydroxyl groups excluding tert-OH is 3. The summed E-state index contributed by atoms with van der Waals surface area (Å²) in [4.78, 5) is 0. The molecule has 0 radical (unpaired) electrons. The number of rotatable bonds is 17. The van der Waals surface area contributed by atoms with Crippen molar-refractivity contribution in [2.24, 2.45) is 5.41 Å². The molecule has 0 aliphatic rings. The number of hydrogen-bond donors (Lipinski definition) is 3. The number of pyridine rings is 1. The lowest BCUT2D eigenvalue weighted by Crippen LogP contribution is -2.41. The second kappa shape index (κ2) is 16.6. The van der Waals surface area contributed by atoms with Crippen molar-refractivity contribution in [3.63, 3.8) is 0 Å². The molecular weight excluding hydrogens is 502 g/mol. The first kappa shape index (κ1) is 31.9. The third-order valence-corrected chi connectivity index (χ3v) is 7.05. The summed E-state index contributed by atoms with van der Waals surface area (Å²) < 4.78 is 13.0. The Labute approximate surface area is 240 Å². The van der Waals surface area contributed by atoms with E-state index in [1.807, 2.05) is 29.1 Å². The van der Waals surface area contributed by atoms with Gasteiger partial charge in [0, 0.05) is 24.7 Å². The van der Waals surface area contributed by atoms with Crippen LogP contribution in [0.3, 0.4) is 0 Å². The van der Waals surface area contributed by atoms with Crippen LogP contribution in [0.4, 0.5) is 0 Å². The zero-order valence-corrected chi connectivity index (χ0v) is 24.4. The van der Waals surface area contributed by atoms with E-state index in [2.05, 4.69) is 81.4 Å². The molecule has 0 spiro atoms. The maximum absolute atomic E-state index is 10.4. The van der Waals surface area contributed by atoms with Gasteiger partial charge < -0.3 is 24.8 Å². The molecule has 3 rings (SSSR count). The fraction of sp³-hybridized carbons (Fsp3) is 0.500. The summed E-state index contributed by atoms with van der Waals surface area (Å²) in [6, 6.07) is 25.3. The lowest BCUT2D eigenvalue weighted by atomic mass is 9.80. The fourth-order valence-electron chi connectivity index (χ4n) is 5.18. The van der Waals surface area contributed by atoms with Gasteiger partial charge in [0.25, 0.3) is 0 Å². The lowest BCUT2D eigenvalue weighted by molar-refractivity contribution is -0.704. The largest absolute Gasteiger partial charge is 0.396 e. The van der Waals surface area contributed by atoms with Gasteiger partial charge in [-0.15, -0.1) is 0 Å². The predicted molar refractivity (Wildman–Crippen MR) is 158 cm³/mol. The van der Waals surface area contributed by atoms with E-state index in [0.717, 1.165) is 6.42 Å². The third kappa shape index (κ3) is 11.5. The molecule has 3 N–H and O–H groups in total. The van der Waals surface area contributed by atoms with Crippen molar-refractivity contribution in [1.29, 1.82) is 0 Å². The molecule has 0 saturated heterocycles. The van der Waals surface area contributed by atoms with E-state index >= 15 is 0 Å². The van der Waals surface area contributed by atoms with Crippen LogP contribution in [0, 0.1) is 5.41 Å². The third-order valence-electron chi connectivity index (χ3n) is 7.05. The molecule has 3 atom stereocenters. The maximum Gasteiger partial charge on any atom is 0.176 e. The van der Waals surface area contributed by atoms with Crippen LogP contribution in [0.5, 0.6) is 0 Å². The first-order valence-corrected chi connectivity index (χ1v) is 14.5. The maximum atomic E-state index is 10.4. The summed E-state index contributed by atoms with van der Waals surface area (Å²) in [6.45, 7) is 8.08. The summed E-state index contributed by atoms with van der Waals surface area (Å²) >= 11 is 0. The van der Waals surface area contributed by atoms with Crippen molar-refractivity contribution in [1.82, 2.24) is 0 Å². The van der Waals surface area contributed by atoms with Gasteiger partial charge in [-0.1, -0.05) is 81.4 Å². The molecule has 0 aliphatic carbocycles. The molecule has 0 aliphatic heterocycles. The van der Waals surface area contributed by atoms with Gasteiger partial charge in [0.2, 0.25) is 0 Å². The molecule has 6 heteroatoms. The fourth-order valence-corrected chi connectivity index (χ4v) is 5.18. The highest BCUT2D eigenvalue weighted by Gasteiger charge is 2.22. The molecule has 1 aromatic heterocycles. The number of benzene rings is 2. The number of hydrogen-bond acceptors (Lipinski definition) is 5. The van der Waals surface area contributed by atoms with Crippen LogP contribution in [0.25, 0.3) is 0 Å². The average Bonchev–Trinajstić information content (AvgIpc) is 2.93. The minimum Gasteiger partial charge on any atom is -0.396 e. The summed E-state index contributed by atoms with van der Waals surface area (Å²) in [5.74, 6) is 0.427. The van der Waals surface area contributed by atoms with Gasteiger partial charge in [-0.05, 0) is 47.3 Å². The Balaban J connectivity index is 1.50. The number of ether oxygens (including phenoxy) is 2. The van der Waals surface area contributed by atoms with Crippen molar-refractivity contribution < 1.29 is 29.4 Å². The molecule has 3 unspecified atom stereocenters. The van der Waals surface area contributed by atoms with E-state index in [1.165, 1.54) is 16.7 Å². The molecule has 3 aromatic rings. The van der Waals surface area contributed by atoms with Crippen molar-refractivity contribution in [3.05, 3.63) is 102 Å². The standard InChI is InChI=1S/C34H48NO5/c1-34(2,3)23-31(37)25-39-20-21-40-26-32(38)24-35-17-14-27(15-18-35)30(16-19-36)22-33(28-10-6-4-7-11-28)29-12-8-5-9-13-29/h4-15,17-18,30-33,36-38H,16,19-26H2,1-3H3/q+1. The van der Waals surface area contributed by atoms with Crippen LogP contribution >= 0.6 is 0 Å². The number of nitrogens with zero attached hydrogens (tertiary/aromatic N) is 1. The van der Waals surface area contributed by atoms with Crippen molar-refractivity contribution in [2.45, 2.75) is 70.6 Å². The minimum absolute atomic E-state index is 0.0613. The van der Waals surface area contributed by atoms with Gasteiger partial charge in [-0.3, -0.25) is 0 Å². The Bertz CT molecular complexity index is 1030. The second-order valence-electron chi connectivity index (χ2n) is 11.9. The van der Waals surface area contributed by atoms with Gasteiger partial charge >= 0.3 is 0 Å². The van der Waals surface area contributed by atoms with Crippen LogP contribution < -0.4 is 4.57 Å². The first-order chi connectivity index (χ1) is 19.2. The Hall–Kier alpha value is -2.61. The van der Waals surface area contributed by atoms with E-state index in [0.29, 0.717) is 39.2 Å². The molecule has 218 valence electrons. The van der Waals surface area contributed by atoms with E-state index in [-0.39, 0.29) is 30.5 Å². The SMILES string of the molecule is CC(C)(C)CC(O)COCCOCC(O)C[n+]1ccc(C(CCO)CC(c2ccccc2)c2ccccc2)cc1. The summed E-state index contributed by atoms with van der Waals surface area (Å²) in [5, 5.41) is 30.3. The lowest BCUT2D eigenvalue weighted by Gasteiger charge is -2.24. The molecule has 0 amide bonds. The number of aliphatic hydroxyl groups is 3. The van der Waals surface area contributed by atoms with E-state index in [9.17, 15) is 15.3 Å². The topological polar surface area (TPSA) is 83.0 Å². The predicted octanol–water partition coefficient (Wildman–Crippen LogP) is 4.85. The quantitative estimate of drug-likeness (QED) is 0.165. The first-order valence-electron chi connectivity index (χ1n) is 14.5. The summed E-state index contributed by atoms with van der Waals surface area (Å²) in [6.07, 6.45) is 5.12. The molecule has 2 aromatic carbocycles. The van der Waals surface area contributed by atoms with Gasteiger partial charge in [-0.2, -0.15) is 0 Å². The zero-order chi connectivity index (χ0) is 28.8. The van der Waals surface area contributed by atoms with E-state index < -0.39 is 12.2 Å². The van der Waals surface area contributed by atoms with Crippen LogP contribution in [-0.2, 0) is 16.0 Å². The molecule has 6 nitrogen and oxygen atoms in total. The van der Waals surface area contributed by atoms with Crippen molar-refractivity contribution >= 4 is 0 Å². The molecule has 0 saturated carbocycles. The van der Waals surface area contributed by atoms with E-state index in [4.69, 9.17) is 9.47 Å². The van der Waals surface area contributed by atoms with Crippen molar-refractivity contribution in [2.75, 3.05) is 33.0 Å². The summed E-state index contributed by atoms with van der Waals surface area (Å²) in [7, 11) is 0. The zero-order valence-electron chi connectivity index (χ0n) is 24.4. The molecule has 40 heavy (non-hydrogen) atoms. The van der Waals surface area contributed by atoms with Crippen LogP contribution in [-0.4, -0.2) is 60.6 Å². The Morgan fingerprint density at radius 1 is 0.725 bits per heavy atom. The summed E-state index contributed by atoms with van der Waals surface area (Å²) in [5.41, 5.74) is 3.79. The molecule has 0 bridgehead atoms. The number of aromatic nitrogens is 1. The monoisotopic (exact) mass is 550 g/mol. The molecule has 0 fully saturated rings. The van der Waals surface area contributed by atoms with Gasteiger partial charge in [0.05, 0.1) is 32.5 Å². The Morgan fingerprint density at radius 2 is 1.25 bits per heavy atom. The van der Waals surface area contributed by atoms with Crippen LogP contribution in [0.15, 0.2) is 85.2 Å². The van der Waals surface area contributed by atoms with Crippen LogP contribution in [0.1, 0.15) is 68.6 Å². The van der Waals surface area contributed by atoms with E-state index in [1.54, 1.807) is 0 Å². The highest BCUT2D eigenvalue weighted by atomic mass is 16.5. The highest BCUT2D eigenvalue weighted by Crippen LogP contribution is 2.36. The smallest absolute Gasteiger partial charge is 0.176 e. The second-order valence-corrected chi connectivity index (χ2v) is 11.9. The highest BCUT2D eigenvalue weighted by molar-refractivity contribution is 5.33. The Morgan fingerprint density at radius 3 is 1.75 bits per heavy atom. The van der Waals surface area contributed by atoms with Crippen LogP contribution in [0.2, 0.25) is 0 Å². The average molecular weight is 551 g/mol. The van der Waals surface area contributed by atoms with Gasteiger partial charge in [0.1, 0.15) is 6.10 Å². The van der Waals surface area contributed by atoms with Crippen molar-refractivity contribution in [3.8, 4) is 0 Å². The molecule has 1 heterocycles. The normalized spacial score (nSPS) is 14.3. The Kier molecular flexibility index (Phi) is 13.2. The minimum atomic E-state index is -0.642.